The number of nitrogens with one attached hydrogen (secondary N) is 1. The monoisotopic (exact) mass is 828 g/mol. The number of carbonyl (C=O) groups excluding carboxylic acids is 1. The fraction of sp³-hybridized carbons (Fsp3) is 0.938. The fourth-order valence-electron chi connectivity index (χ4n) is 7.88. The molecule has 0 bridgehead atoms. The molecular formula is C48H93NO9. The number of carbonyl (C=O) groups is 1. The van der Waals surface area contributed by atoms with Crippen molar-refractivity contribution in [2.45, 2.75) is 269 Å². The predicted octanol–water partition coefficient (Wildman–Crippen LogP) is 9.33. The standard InChI is InChI=1S/C48H93NO9/c1-4-5-6-7-8-9-10-11-12-13-14-15-16-17-18-19-20-23-27-30-33-36-42(52)47(56)49-40(38-57-48-46(55)45(54)44(53)43(37-50)58-48)41(51)35-32-29-26-24-21-22-25-28-31-34-39(2)3/h32,35,39-46,48,50-55H,4-31,33-34,36-38H2,1-3H3,(H,49,56)/b35-32+/t40-,41+,42?,43+,44+,45-,46+,48+/m0/s1. The second kappa shape index (κ2) is 37.6. The first-order chi connectivity index (χ1) is 28.1. The van der Waals surface area contributed by atoms with E-state index in [1.54, 1.807) is 6.08 Å². The first-order valence-corrected chi connectivity index (χ1v) is 24.4. The number of allylic oxidation sites excluding steroid dienone is 1. The van der Waals surface area contributed by atoms with Gasteiger partial charge in [0.15, 0.2) is 6.29 Å². The highest BCUT2D eigenvalue weighted by Gasteiger charge is 2.44. The van der Waals surface area contributed by atoms with Crippen LogP contribution in [-0.4, -0.2) is 98.7 Å². The highest BCUT2D eigenvalue weighted by Crippen LogP contribution is 2.23. The molecule has 1 heterocycles. The Kier molecular flexibility index (Phi) is 35.6. The summed E-state index contributed by atoms with van der Waals surface area (Å²) < 4.78 is 11.1. The van der Waals surface area contributed by atoms with E-state index in [0.29, 0.717) is 6.42 Å². The molecule has 8 atom stereocenters. The lowest BCUT2D eigenvalue weighted by atomic mass is 9.99. The largest absolute Gasteiger partial charge is 0.394 e. The molecule has 1 aliphatic heterocycles. The van der Waals surface area contributed by atoms with Crippen molar-refractivity contribution >= 4 is 5.91 Å². The van der Waals surface area contributed by atoms with Gasteiger partial charge in [0, 0.05) is 0 Å². The lowest BCUT2D eigenvalue weighted by molar-refractivity contribution is -0.302. The summed E-state index contributed by atoms with van der Waals surface area (Å²) in [4.78, 5) is 13.0. The van der Waals surface area contributed by atoms with E-state index >= 15 is 0 Å². The van der Waals surface area contributed by atoms with Crippen LogP contribution in [0.2, 0.25) is 0 Å². The van der Waals surface area contributed by atoms with E-state index in [1.165, 1.54) is 148 Å². The second-order valence-electron chi connectivity index (χ2n) is 17.9. The molecule has 0 aromatic carbocycles. The van der Waals surface area contributed by atoms with E-state index in [1.807, 2.05) is 6.08 Å². The molecule has 1 unspecified atom stereocenters. The lowest BCUT2D eigenvalue weighted by Crippen LogP contribution is -2.60. The number of hydrogen-bond acceptors (Lipinski definition) is 9. The predicted molar refractivity (Wildman–Crippen MR) is 236 cm³/mol. The van der Waals surface area contributed by atoms with Crippen molar-refractivity contribution in [1.82, 2.24) is 5.32 Å². The normalized spacial score (nSPS) is 21.5. The molecule has 344 valence electrons. The fourth-order valence-corrected chi connectivity index (χ4v) is 7.88. The number of aliphatic hydroxyl groups is 6. The van der Waals surface area contributed by atoms with Crippen molar-refractivity contribution in [1.29, 1.82) is 0 Å². The molecule has 1 fully saturated rings. The van der Waals surface area contributed by atoms with Crippen molar-refractivity contribution in [3.05, 3.63) is 12.2 Å². The molecule has 1 aliphatic rings. The van der Waals surface area contributed by atoms with Gasteiger partial charge >= 0.3 is 0 Å². The average molecular weight is 828 g/mol. The summed E-state index contributed by atoms with van der Waals surface area (Å²) in [5, 5.41) is 64.7. The van der Waals surface area contributed by atoms with Gasteiger partial charge in [-0.05, 0) is 25.2 Å². The maximum Gasteiger partial charge on any atom is 0.249 e. The van der Waals surface area contributed by atoms with Crippen molar-refractivity contribution in [2.24, 2.45) is 5.92 Å². The number of amides is 1. The van der Waals surface area contributed by atoms with Crippen LogP contribution in [0.15, 0.2) is 12.2 Å². The Hall–Kier alpha value is -1.11. The minimum absolute atomic E-state index is 0.303. The van der Waals surface area contributed by atoms with Crippen LogP contribution in [0.3, 0.4) is 0 Å². The molecule has 0 spiro atoms. The van der Waals surface area contributed by atoms with Crippen LogP contribution in [-0.2, 0) is 14.3 Å². The number of unbranched alkanes of at least 4 members (excludes halogenated alkanes) is 27. The van der Waals surface area contributed by atoms with Crippen molar-refractivity contribution in [3.63, 3.8) is 0 Å². The molecule has 1 rings (SSSR count). The molecule has 10 heteroatoms. The molecule has 58 heavy (non-hydrogen) atoms. The van der Waals surface area contributed by atoms with E-state index in [9.17, 15) is 35.4 Å². The molecule has 10 nitrogen and oxygen atoms in total. The molecule has 0 radical (unpaired) electrons. The van der Waals surface area contributed by atoms with E-state index in [2.05, 4.69) is 26.1 Å². The smallest absolute Gasteiger partial charge is 0.249 e. The molecule has 7 N–H and O–H groups in total. The topological polar surface area (TPSA) is 169 Å². The summed E-state index contributed by atoms with van der Waals surface area (Å²) in [5.41, 5.74) is 0. The SMILES string of the molecule is CCCCCCCCCCCCCCCCCCCCCCCC(O)C(=O)N[C@@H](CO[C@@H]1O[C@H](CO)[C@@H](O)[C@H](O)[C@H]1O)[C@H](O)/C=C/CCCCCCCCCC(C)C. The van der Waals surface area contributed by atoms with Crippen LogP contribution >= 0.6 is 0 Å². The number of hydrogen-bond donors (Lipinski definition) is 7. The first kappa shape index (κ1) is 54.9. The van der Waals surface area contributed by atoms with Gasteiger partial charge in [-0.2, -0.15) is 0 Å². The van der Waals surface area contributed by atoms with Crippen molar-refractivity contribution in [2.75, 3.05) is 13.2 Å². The average Bonchev–Trinajstić information content (AvgIpc) is 3.21. The summed E-state index contributed by atoms with van der Waals surface area (Å²) in [7, 11) is 0. The van der Waals surface area contributed by atoms with E-state index < -0.39 is 61.5 Å². The lowest BCUT2D eigenvalue weighted by Gasteiger charge is -2.40. The van der Waals surface area contributed by atoms with Crippen LogP contribution in [0.1, 0.15) is 220 Å². The Labute approximate surface area is 355 Å². The summed E-state index contributed by atoms with van der Waals surface area (Å²) in [6, 6.07) is -0.976. The van der Waals surface area contributed by atoms with Gasteiger partial charge in [0.1, 0.15) is 30.5 Å². The third-order valence-corrected chi connectivity index (χ3v) is 11.9. The van der Waals surface area contributed by atoms with Gasteiger partial charge < -0.3 is 45.4 Å². The molecule has 1 saturated heterocycles. The Morgan fingerprint density at radius 1 is 0.621 bits per heavy atom. The van der Waals surface area contributed by atoms with Gasteiger partial charge in [0.05, 0.1) is 25.4 Å². The zero-order chi connectivity index (χ0) is 42.6. The third-order valence-electron chi connectivity index (χ3n) is 11.9. The molecule has 0 aromatic heterocycles. The van der Waals surface area contributed by atoms with Crippen LogP contribution < -0.4 is 5.32 Å². The zero-order valence-corrected chi connectivity index (χ0v) is 37.6. The molecule has 0 saturated carbocycles. The first-order valence-electron chi connectivity index (χ1n) is 24.4. The van der Waals surface area contributed by atoms with Crippen LogP contribution in [0, 0.1) is 5.92 Å². The van der Waals surface area contributed by atoms with Gasteiger partial charge in [-0.1, -0.05) is 213 Å². The van der Waals surface area contributed by atoms with E-state index in [0.717, 1.165) is 50.9 Å². The Morgan fingerprint density at radius 3 is 1.50 bits per heavy atom. The number of aliphatic hydroxyl groups excluding tert-OH is 6. The molecule has 1 amide bonds. The highest BCUT2D eigenvalue weighted by molar-refractivity contribution is 5.80. The number of rotatable bonds is 40. The highest BCUT2D eigenvalue weighted by atomic mass is 16.7. The maximum atomic E-state index is 13.0. The van der Waals surface area contributed by atoms with Crippen molar-refractivity contribution in [3.8, 4) is 0 Å². The Bertz CT molecular complexity index is 950. The number of ether oxygens (including phenoxy) is 2. The molecule has 0 aromatic rings. The zero-order valence-electron chi connectivity index (χ0n) is 37.6. The van der Waals surface area contributed by atoms with Gasteiger partial charge in [0.2, 0.25) is 5.91 Å². The summed E-state index contributed by atoms with van der Waals surface area (Å²) >= 11 is 0. The van der Waals surface area contributed by atoms with Crippen LogP contribution in [0.5, 0.6) is 0 Å². The summed E-state index contributed by atoms with van der Waals surface area (Å²) in [5.74, 6) is 0.152. The van der Waals surface area contributed by atoms with E-state index in [-0.39, 0.29) is 6.61 Å². The minimum atomic E-state index is -1.61. The second-order valence-corrected chi connectivity index (χ2v) is 17.9. The quantitative estimate of drug-likeness (QED) is 0.0235. The van der Waals surface area contributed by atoms with Crippen LogP contribution in [0.4, 0.5) is 0 Å². The van der Waals surface area contributed by atoms with E-state index in [4.69, 9.17) is 9.47 Å². The van der Waals surface area contributed by atoms with Gasteiger partial charge in [-0.3, -0.25) is 4.79 Å². The van der Waals surface area contributed by atoms with Gasteiger partial charge in [-0.15, -0.1) is 0 Å². The Morgan fingerprint density at radius 2 is 1.05 bits per heavy atom. The van der Waals surface area contributed by atoms with Gasteiger partial charge in [0.25, 0.3) is 0 Å². The van der Waals surface area contributed by atoms with Gasteiger partial charge in [-0.25, -0.2) is 0 Å². The summed E-state index contributed by atoms with van der Waals surface area (Å²) in [6.07, 6.45) is 31.7. The van der Waals surface area contributed by atoms with Crippen molar-refractivity contribution < 1.29 is 44.9 Å². The third kappa shape index (κ3) is 28.4. The molecular weight excluding hydrogens is 735 g/mol. The van der Waals surface area contributed by atoms with Crippen LogP contribution in [0.25, 0.3) is 0 Å². The minimum Gasteiger partial charge on any atom is -0.394 e. The maximum absolute atomic E-state index is 13.0. The Balaban J connectivity index is 2.32. The summed E-state index contributed by atoms with van der Waals surface area (Å²) in [6.45, 7) is 5.91. The molecule has 0 aliphatic carbocycles.